The molecule has 0 aromatic heterocycles. The van der Waals surface area contributed by atoms with Gasteiger partial charge in [0, 0.05) is 11.0 Å². The summed E-state index contributed by atoms with van der Waals surface area (Å²) in [5.41, 5.74) is 0. The molecule has 2 rings (SSSR count). The molecule has 0 spiro atoms. The molecule has 3 heteroatoms. The molecule has 0 atom stereocenters. The number of hydrogen-bond acceptors (Lipinski definition) is 3. The Balaban J connectivity index is 0.000000171. The van der Waals surface area contributed by atoms with E-state index in [4.69, 9.17) is 10.2 Å². The summed E-state index contributed by atoms with van der Waals surface area (Å²) in [6.07, 6.45) is 0. The zero-order chi connectivity index (χ0) is 12.5. The first-order valence-corrected chi connectivity index (χ1v) is 6.36. The maximum atomic E-state index is 8.65. The predicted octanol–water partition coefficient (Wildman–Crippen LogP) is 3.90. The molecule has 0 radical (unpaired) electrons. The molecule has 0 unspecified atom stereocenters. The zero-order valence-corrected chi connectivity index (χ0v) is 10.5. The van der Waals surface area contributed by atoms with Gasteiger partial charge >= 0.3 is 0 Å². The number of phenols is 2. The van der Waals surface area contributed by atoms with Crippen LogP contribution in [0.3, 0.4) is 0 Å². The standard InChI is InChI=1S/C8H10S.C6H6O2/c1-2-9-8-6-4-3-5-7-8;7-5-2-1-3-6(8)4-5/h3-7H,2H2,1H3;1-4,7-8H. The minimum atomic E-state index is 0.0880. The summed E-state index contributed by atoms with van der Waals surface area (Å²) < 4.78 is 0. The van der Waals surface area contributed by atoms with Gasteiger partial charge in [-0.1, -0.05) is 31.2 Å². The lowest BCUT2D eigenvalue weighted by Gasteiger charge is -1.93. The van der Waals surface area contributed by atoms with Crippen LogP contribution in [0.15, 0.2) is 59.5 Å². The quantitative estimate of drug-likeness (QED) is 0.792. The molecule has 0 saturated carbocycles. The van der Waals surface area contributed by atoms with Crippen molar-refractivity contribution in [2.45, 2.75) is 11.8 Å². The van der Waals surface area contributed by atoms with Crippen molar-refractivity contribution in [2.24, 2.45) is 0 Å². The highest BCUT2D eigenvalue weighted by Crippen LogP contribution is 2.15. The summed E-state index contributed by atoms with van der Waals surface area (Å²) >= 11 is 1.88. The lowest BCUT2D eigenvalue weighted by molar-refractivity contribution is 0.450. The summed E-state index contributed by atoms with van der Waals surface area (Å²) in [5, 5.41) is 17.3. The van der Waals surface area contributed by atoms with Gasteiger partial charge in [-0.15, -0.1) is 11.8 Å². The van der Waals surface area contributed by atoms with Gasteiger partial charge in [-0.2, -0.15) is 0 Å². The van der Waals surface area contributed by atoms with E-state index in [0.29, 0.717) is 0 Å². The third-order valence-electron chi connectivity index (χ3n) is 1.88. The van der Waals surface area contributed by atoms with Gasteiger partial charge in [-0.3, -0.25) is 0 Å². The van der Waals surface area contributed by atoms with Crippen molar-refractivity contribution in [1.82, 2.24) is 0 Å². The van der Waals surface area contributed by atoms with E-state index >= 15 is 0 Å². The highest BCUT2D eigenvalue weighted by Gasteiger charge is 1.86. The lowest BCUT2D eigenvalue weighted by atomic mass is 10.3. The summed E-state index contributed by atoms with van der Waals surface area (Å²) in [5.74, 6) is 1.33. The van der Waals surface area contributed by atoms with Gasteiger partial charge < -0.3 is 10.2 Å². The molecular formula is C14H16O2S. The van der Waals surface area contributed by atoms with Gasteiger partial charge in [0.05, 0.1) is 0 Å². The van der Waals surface area contributed by atoms with Gasteiger partial charge in [0.15, 0.2) is 0 Å². The van der Waals surface area contributed by atoms with Crippen molar-refractivity contribution in [1.29, 1.82) is 0 Å². The molecule has 2 aromatic rings. The summed E-state index contributed by atoms with van der Waals surface area (Å²) in [6, 6.07) is 16.3. The van der Waals surface area contributed by atoms with Gasteiger partial charge in [-0.25, -0.2) is 0 Å². The maximum absolute atomic E-state index is 8.65. The van der Waals surface area contributed by atoms with Crippen LogP contribution in [0.5, 0.6) is 11.5 Å². The second-order valence-electron chi connectivity index (χ2n) is 3.27. The molecule has 90 valence electrons. The molecule has 0 aliphatic rings. The molecule has 2 aromatic carbocycles. The minimum Gasteiger partial charge on any atom is -0.508 e. The molecular weight excluding hydrogens is 232 g/mol. The third-order valence-corrected chi connectivity index (χ3v) is 2.78. The van der Waals surface area contributed by atoms with E-state index in [0.717, 1.165) is 5.75 Å². The number of aromatic hydroxyl groups is 2. The van der Waals surface area contributed by atoms with Gasteiger partial charge in [0.25, 0.3) is 0 Å². The fourth-order valence-electron chi connectivity index (χ4n) is 1.18. The highest BCUT2D eigenvalue weighted by atomic mass is 32.2. The Morgan fingerprint density at radius 2 is 1.47 bits per heavy atom. The van der Waals surface area contributed by atoms with Crippen LogP contribution < -0.4 is 0 Å². The van der Waals surface area contributed by atoms with E-state index in [1.165, 1.54) is 23.1 Å². The van der Waals surface area contributed by atoms with Crippen LogP contribution >= 0.6 is 11.8 Å². The van der Waals surface area contributed by atoms with Crippen molar-refractivity contribution in [2.75, 3.05) is 5.75 Å². The SMILES string of the molecule is CCSc1ccccc1.Oc1cccc(O)c1. The smallest absolute Gasteiger partial charge is 0.119 e. The molecule has 0 aliphatic carbocycles. The molecule has 0 heterocycles. The third kappa shape index (κ3) is 5.88. The van der Waals surface area contributed by atoms with Crippen LogP contribution in [-0.4, -0.2) is 16.0 Å². The predicted molar refractivity (Wildman–Crippen MR) is 72.6 cm³/mol. The maximum Gasteiger partial charge on any atom is 0.119 e. The van der Waals surface area contributed by atoms with Crippen molar-refractivity contribution in [3.05, 3.63) is 54.6 Å². The Morgan fingerprint density at radius 1 is 0.882 bits per heavy atom. The van der Waals surface area contributed by atoms with Crippen molar-refractivity contribution < 1.29 is 10.2 Å². The van der Waals surface area contributed by atoms with Crippen LogP contribution in [0.25, 0.3) is 0 Å². The van der Waals surface area contributed by atoms with E-state index in [1.54, 1.807) is 6.07 Å². The summed E-state index contributed by atoms with van der Waals surface area (Å²) in [6.45, 7) is 2.16. The number of rotatable bonds is 2. The Hall–Kier alpha value is -1.61. The average molecular weight is 248 g/mol. The fourth-order valence-corrected chi connectivity index (χ4v) is 1.86. The van der Waals surface area contributed by atoms with Crippen LogP contribution in [-0.2, 0) is 0 Å². The van der Waals surface area contributed by atoms with E-state index in [2.05, 4.69) is 31.2 Å². The largest absolute Gasteiger partial charge is 0.508 e. The second-order valence-corrected chi connectivity index (χ2v) is 4.60. The van der Waals surface area contributed by atoms with E-state index in [-0.39, 0.29) is 11.5 Å². The second kappa shape index (κ2) is 7.63. The molecule has 2 N–H and O–H groups in total. The molecule has 2 nitrogen and oxygen atoms in total. The summed E-state index contributed by atoms with van der Waals surface area (Å²) in [4.78, 5) is 1.36. The van der Waals surface area contributed by atoms with Crippen LogP contribution in [0.2, 0.25) is 0 Å². The van der Waals surface area contributed by atoms with Gasteiger partial charge in [0.2, 0.25) is 0 Å². The highest BCUT2D eigenvalue weighted by molar-refractivity contribution is 7.99. The Kier molecular flexibility index (Phi) is 6.04. The van der Waals surface area contributed by atoms with Gasteiger partial charge in [-0.05, 0) is 30.0 Å². The molecule has 0 amide bonds. The average Bonchev–Trinajstić information content (AvgIpc) is 2.31. The Labute approximate surface area is 106 Å². The molecule has 0 saturated heterocycles. The zero-order valence-electron chi connectivity index (χ0n) is 9.71. The van der Waals surface area contributed by atoms with Crippen LogP contribution in [0.4, 0.5) is 0 Å². The number of thioether (sulfide) groups is 1. The molecule has 0 fully saturated rings. The minimum absolute atomic E-state index is 0.0880. The van der Waals surface area contributed by atoms with Crippen molar-refractivity contribution >= 4 is 11.8 Å². The fraction of sp³-hybridized carbons (Fsp3) is 0.143. The molecule has 17 heavy (non-hydrogen) atoms. The first-order chi connectivity index (χ1) is 8.22. The first-order valence-electron chi connectivity index (χ1n) is 5.38. The number of benzene rings is 2. The van der Waals surface area contributed by atoms with Crippen molar-refractivity contribution in [3.8, 4) is 11.5 Å². The lowest BCUT2D eigenvalue weighted by Crippen LogP contribution is -1.68. The van der Waals surface area contributed by atoms with Crippen LogP contribution in [0, 0.1) is 0 Å². The summed E-state index contributed by atoms with van der Waals surface area (Å²) in [7, 11) is 0. The first kappa shape index (κ1) is 13.5. The number of hydrogen-bond donors (Lipinski definition) is 2. The topological polar surface area (TPSA) is 40.5 Å². The Bertz CT molecular complexity index is 412. The molecule has 0 aliphatic heterocycles. The monoisotopic (exact) mass is 248 g/mol. The Morgan fingerprint density at radius 3 is 1.88 bits per heavy atom. The van der Waals surface area contributed by atoms with Gasteiger partial charge in [0.1, 0.15) is 11.5 Å². The van der Waals surface area contributed by atoms with E-state index in [9.17, 15) is 0 Å². The normalized spacial score (nSPS) is 9.24. The van der Waals surface area contributed by atoms with E-state index < -0.39 is 0 Å². The van der Waals surface area contributed by atoms with Crippen molar-refractivity contribution in [3.63, 3.8) is 0 Å². The van der Waals surface area contributed by atoms with E-state index in [1.807, 2.05) is 17.8 Å². The number of phenolic OH excluding ortho intramolecular Hbond substituents is 2. The molecule has 0 bridgehead atoms. The van der Waals surface area contributed by atoms with Crippen LogP contribution in [0.1, 0.15) is 6.92 Å².